The minimum atomic E-state index is -2.74. The summed E-state index contributed by atoms with van der Waals surface area (Å²) in [5.74, 6) is -1.63. The fourth-order valence-electron chi connectivity index (χ4n) is 20.0. The molecule has 12 heterocycles. The Morgan fingerprint density at radius 3 is 0.982 bits per heavy atom. The van der Waals surface area contributed by atoms with Crippen LogP contribution >= 0.6 is 0 Å². The average Bonchev–Trinajstić information content (AvgIpc) is 1.53. The second kappa shape index (κ2) is 39.9. The third-order valence-corrected chi connectivity index (χ3v) is 26.3. The van der Waals surface area contributed by atoms with Gasteiger partial charge in [-0.05, 0) is 184 Å². The highest BCUT2D eigenvalue weighted by Crippen LogP contribution is 2.54. The van der Waals surface area contributed by atoms with Gasteiger partial charge in [-0.2, -0.15) is 0 Å². The fourth-order valence-corrected chi connectivity index (χ4v) is 20.0. The van der Waals surface area contributed by atoms with Crippen LogP contribution in [0.3, 0.4) is 0 Å². The van der Waals surface area contributed by atoms with Crippen LogP contribution in [0.25, 0.3) is 0 Å². The van der Waals surface area contributed by atoms with Crippen LogP contribution in [0.1, 0.15) is 242 Å². The van der Waals surface area contributed by atoms with Gasteiger partial charge < -0.3 is 88.5 Å². The van der Waals surface area contributed by atoms with E-state index in [2.05, 4.69) is 123 Å². The average molecular weight is 1580 g/mol. The summed E-state index contributed by atoms with van der Waals surface area (Å²) in [4.78, 5) is 99.7. The summed E-state index contributed by atoms with van der Waals surface area (Å²) in [5, 5.41) is 10.1. The van der Waals surface area contributed by atoms with E-state index in [9.17, 15) is 28.8 Å². The van der Waals surface area contributed by atoms with Crippen LogP contribution in [-0.2, 0) is 57.2 Å². The van der Waals surface area contributed by atoms with Crippen molar-refractivity contribution in [3.63, 3.8) is 0 Å². The molecule has 112 heavy (non-hydrogen) atoms. The molecule has 3 N–H and O–H groups in total. The molecule has 12 aliphatic heterocycles. The number of hydrogen-bond acceptors (Lipinski definition) is 18. The van der Waals surface area contributed by atoms with E-state index in [4.69, 9.17) is 38.0 Å². The Balaban J connectivity index is 0.000000176. The van der Waals surface area contributed by atoms with E-state index < -0.39 is 66.7 Å². The van der Waals surface area contributed by atoms with Crippen molar-refractivity contribution in [3.05, 3.63) is 0 Å². The predicted molar refractivity (Wildman–Crippen MR) is 437 cm³/mol. The van der Waals surface area contributed by atoms with Crippen molar-refractivity contribution < 1.29 is 66.8 Å². The van der Waals surface area contributed by atoms with E-state index >= 15 is 0 Å². The van der Waals surface area contributed by atoms with Gasteiger partial charge >= 0.3 is 0 Å². The first kappa shape index (κ1) is 79.5. The molecular formula is C88H156N12O12. The summed E-state index contributed by atoms with van der Waals surface area (Å²) < 4.78 is 96.5. The fraction of sp³-hybridized carbons (Fsp3) is 0.932. The Labute approximate surface area is 685 Å². The van der Waals surface area contributed by atoms with Gasteiger partial charge in [0, 0.05) is 169 Å². The second-order valence-corrected chi connectivity index (χ2v) is 39.0. The van der Waals surface area contributed by atoms with Gasteiger partial charge in [-0.3, -0.25) is 28.8 Å². The molecule has 13 fully saturated rings. The molecule has 4 spiro atoms. The Hall–Kier alpha value is -3.66. The molecule has 0 aromatic heterocycles. The van der Waals surface area contributed by atoms with Crippen LogP contribution in [0, 0.1) is 64.6 Å². The first-order valence-electron chi connectivity index (χ1n) is 48.0. The van der Waals surface area contributed by atoms with Gasteiger partial charge in [0.05, 0.1) is 57.8 Å². The van der Waals surface area contributed by atoms with Crippen LogP contribution in [0.5, 0.6) is 0 Å². The standard InChI is InChI=1S/C31H54N4O4.C29H52N4O4.C28H50N4O4/c1-22(2)16-26-28(36)35(15-11-32-26)27(17-23(3)4)29(37)34-14-10-31(18-24(34)5)38-20-25(21-39-31)19-33-12-8-30(6-7-30)9-13-33;1-20(2)13-25-27(34)33(12-9-30-25)26(14-21(3)4)28(35)32-11-8-29(15-23(32)6)36-18-24(19-37-29)17-31-10-7-22(5)16-31;1-20(2)14-24-26(33)32(13-9-29-24)25(15-21(3)4)27(34)31-12-8-28(16-22(31)5)35-18-23(19-36-28)17-30-10-6-7-11-30/h22-27,32H,6-21H2,1-5H3;20-26,30H,7-19H2,1-6H3;20-25,29H,6-19H2,1-5H3/t24-,25?,26-,27-,31?;22?,23-,24?,25-,26-,29?;22-,23?,24-,25-,28?/m000/s1/i;7D2,10D2,16D2,22D;. The lowest BCUT2D eigenvalue weighted by molar-refractivity contribution is -0.304. The van der Waals surface area contributed by atoms with Crippen molar-refractivity contribution in [2.45, 2.75) is 304 Å². The van der Waals surface area contributed by atoms with Crippen LogP contribution < -0.4 is 16.0 Å². The number of rotatable bonds is 24. The minimum absolute atomic E-state index is 0.0127. The molecule has 24 nitrogen and oxygen atoms in total. The quantitative estimate of drug-likeness (QED) is 0.0819. The Morgan fingerprint density at radius 2 is 0.714 bits per heavy atom. The van der Waals surface area contributed by atoms with Crippen molar-refractivity contribution in [1.29, 1.82) is 0 Å². The molecule has 1 aliphatic carbocycles. The zero-order chi connectivity index (χ0) is 86.7. The molecule has 0 aromatic rings. The van der Waals surface area contributed by atoms with E-state index in [1.54, 1.807) is 4.90 Å². The largest absolute Gasteiger partial charge is 0.349 e. The lowest BCUT2D eigenvalue weighted by Crippen LogP contribution is -2.64. The number of ether oxygens (including phenoxy) is 6. The van der Waals surface area contributed by atoms with Crippen molar-refractivity contribution in [3.8, 4) is 0 Å². The summed E-state index contributed by atoms with van der Waals surface area (Å²) in [6.45, 7) is 42.9. The molecule has 6 amide bonds. The van der Waals surface area contributed by atoms with Crippen molar-refractivity contribution >= 4 is 35.4 Å². The second-order valence-electron chi connectivity index (χ2n) is 39.0. The topological polar surface area (TPSA) is 223 Å². The summed E-state index contributed by atoms with van der Waals surface area (Å²) in [6, 6.07) is -2.20. The highest BCUT2D eigenvalue weighted by molar-refractivity contribution is 5.92. The van der Waals surface area contributed by atoms with Gasteiger partial charge in [0.1, 0.15) is 18.1 Å². The number of amides is 6. The maximum Gasteiger partial charge on any atom is 0.245 e. The number of nitrogens with zero attached hydrogens (tertiary/aromatic N) is 9. The van der Waals surface area contributed by atoms with Crippen molar-refractivity contribution in [2.75, 3.05) is 157 Å². The number of carbonyl (C=O) groups excluding carboxylic acids is 6. The SMILES string of the molecule is CC(C)C[C@@H]1NCCN([C@@H](CC(C)C)C(=O)N2CCC3(C[C@@H]2C)OCC(CN2CCC4(CC2)CC4)CO3)C1=O.CC(C)C[C@@H]1NCCN([C@@H](CC(C)C)C(=O)N2CCC3(C[C@@H]2C)OCC(CN2CCCC2)CO3)C1=O.[2H]C1([2H])N(CC2COC3(CCN(C(=O)[C@H](CC(C)C)N4CCN[C@@H](CC(C)C)C4=O)[C@@H](C)C3)OC2)C([2H])([2H])C([2H])(C)C1([2H])[2H]. The van der Waals surface area contributed by atoms with Gasteiger partial charge in [0.2, 0.25) is 35.4 Å². The summed E-state index contributed by atoms with van der Waals surface area (Å²) in [7, 11) is 0. The van der Waals surface area contributed by atoms with Crippen molar-refractivity contribution in [1.82, 2.24) is 60.0 Å². The third kappa shape index (κ3) is 23.4. The van der Waals surface area contributed by atoms with Crippen molar-refractivity contribution in [2.24, 2.45) is 64.6 Å². The minimum Gasteiger partial charge on any atom is -0.349 e. The van der Waals surface area contributed by atoms with Crippen LogP contribution in [-0.4, -0.2) is 309 Å². The molecule has 1 saturated carbocycles. The monoisotopic (exact) mass is 1580 g/mol. The maximum absolute atomic E-state index is 14.1. The lowest BCUT2D eigenvalue weighted by Gasteiger charge is -2.50. The van der Waals surface area contributed by atoms with E-state index in [0.29, 0.717) is 150 Å². The summed E-state index contributed by atoms with van der Waals surface area (Å²) in [6.07, 6.45) is 13.4. The lowest BCUT2D eigenvalue weighted by atomic mass is 9.91. The molecule has 0 bridgehead atoms. The van der Waals surface area contributed by atoms with Crippen LogP contribution in [0.2, 0.25) is 0 Å². The molecule has 10 atom stereocenters. The Morgan fingerprint density at radius 1 is 0.411 bits per heavy atom. The van der Waals surface area contributed by atoms with E-state index in [0.717, 1.165) is 83.7 Å². The highest BCUT2D eigenvalue weighted by Gasteiger charge is 2.53. The smallest absolute Gasteiger partial charge is 0.245 e. The highest BCUT2D eigenvalue weighted by atomic mass is 16.7. The number of likely N-dealkylation sites (tertiary alicyclic amines) is 6. The third-order valence-electron chi connectivity index (χ3n) is 26.3. The maximum atomic E-state index is 14.1. The Kier molecular flexibility index (Phi) is 28.3. The molecule has 640 valence electrons. The first-order valence-corrected chi connectivity index (χ1v) is 44.5. The molecule has 13 rings (SSSR count). The molecule has 24 heteroatoms. The zero-order valence-electron chi connectivity index (χ0n) is 79.1. The first-order chi connectivity index (χ1) is 55.9. The van der Waals surface area contributed by atoms with Gasteiger partial charge in [-0.25, -0.2) is 0 Å². The zero-order valence-corrected chi connectivity index (χ0v) is 72.1. The predicted octanol–water partition coefficient (Wildman–Crippen LogP) is 9.17. The van der Waals surface area contributed by atoms with Gasteiger partial charge in [-0.1, -0.05) is 90.0 Å². The molecular weight excluding hydrogens is 1420 g/mol. The molecule has 0 aromatic carbocycles. The normalized spacial score (nSPS) is 37.0. The number of nitrogens with one attached hydrogen (secondary N) is 3. The van der Waals surface area contributed by atoms with Gasteiger partial charge in [0.15, 0.2) is 17.4 Å². The molecule has 1 unspecified atom stereocenters. The van der Waals surface area contributed by atoms with E-state index in [1.807, 2.05) is 31.4 Å². The van der Waals surface area contributed by atoms with E-state index in [1.165, 1.54) is 64.7 Å². The van der Waals surface area contributed by atoms with Gasteiger partial charge in [-0.15, -0.1) is 0 Å². The van der Waals surface area contributed by atoms with Gasteiger partial charge in [0.25, 0.3) is 0 Å². The molecule has 0 radical (unpaired) electrons. The summed E-state index contributed by atoms with van der Waals surface area (Å²) >= 11 is 0. The number of hydrogen-bond donors (Lipinski definition) is 3. The summed E-state index contributed by atoms with van der Waals surface area (Å²) in [5.41, 5.74) is 0.712. The molecule has 12 saturated heterocycles. The van der Waals surface area contributed by atoms with E-state index in [-0.39, 0.29) is 97.4 Å². The number of carbonyl (C=O) groups is 6. The van der Waals surface area contributed by atoms with Crippen LogP contribution in [0.4, 0.5) is 0 Å². The van der Waals surface area contributed by atoms with Crippen LogP contribution in [0.15, 0.2) is 0 Å². The number of piperazine rings is 3. The Bertz CT molecular complexity index is 3330. The molecule has 13 aliphatic rings. The number of piperidine rings is 4.